The van der Waals surface area contributed by atoms with Crippen LogP contribution in [-0.2, 0) is 6.54 Å². The maximum Gasteiger partial charge on any atom is 0.258 e. The summed E-state index contributed by atoms with van der Waals surface area (Å²) in [5.41, 5.74) is 11.1. The molecule has 1 aromatic carbocycles. The molecule has 0 spiro atoms. The lowest BCUT2D eigenvalue weighted by Gasteiger charge is -2.34. The largest absolute Gasteiger partial charge is 0.397 e. The van der Waals surface area contributed by atoms with Crippen molar-refractivity contribution in [2.45, 2.75) is 31.8 Å². The van der Waals surface area contributed by atoms with Gasteiger partial charge in [-0.2, -0.15) is 5.26 Å². The molecule has 1 fully saturated rings. The highest BCUT2D eigenvalue weighted by molar-refractivity contribution is 6.11. The first-order valence-electron chi connectivity index (χ1n) is 9.06. The van der Waals surface area contributed by atoms with E-state index in [9.17, 15) is 4.79 Å². The lowest BCUT2D eigenvalue weighted by atomic mass is 9.92. The normalized spacial score (nSPS) is 16.3. The second-order valence-corrected chi connectivity index (χ2v) is 7.11. The predicted octanol–water partition coefficient (Wildman–Crippen LogP) is 3.26. The number of pyridine rings is 2. The number of carbonyl (C=O) groups is 1. The second-order valence-electron chi connectivity index (χ2n) is 7.11. The van der Waals surface area contributed by atoms with E-state index in [0.29, 0.717) is 29.4 Å². The zero-order chi connectivity index (χ0) is 18.5. The summed E-state index contributed by atoms with van der Waals surface area (Å²) in [6.45, 7) is 0.522. The SMILES string of the molecule is N#Cc1ccc(-c2cccc3c(N)c4c(nc23)CN(C2CCC2)C4=O)nc1. The summed E-state index contributed by atoms with van der Waals surface area (Å²) in [6.07, 6.45) is 4.83. The molecule has 0 bridgehead atoms. The van der Waals surface area contributed by atoms with Crippen molar-refractivity contribution in [2.24, 2.45) is 0 Å². The molecule has 0 atom stereocenters. The summed E-state index contributed by atoms with van der Waals surface area (Å²) in [6, 6.07) is 11.7. The molecule has 2 aromatic heterocycles. The summed E-state index contributed by atoms with van der Waals surface area (Å²) in [4.78, 5) is 24.0. The summed E-state index contributed by atoms with van der Waals surface area (Å²) in [5, 5.41) is 9.74. The van der Waals surface area contributed by atoms with E-state index in [1.165, 1.54) is 6.42 Å². The standard InChI is InChI=1S/C21H17N5O/c22-9-12-7-8-16(24-10-12)14-5-2-6-15-19(23)18-17(25-20(14)15)11-26(21(18)27)13-3-1-4-13/h2,5-8,10,13H,1,3-4,11H2,(H2,23,25). The van der Waals surface area contributed by atoms with Gasteiger partial charge in [-0.3, -0.25) is 9.78 Å². The van der Waals surface area contributed by atoms with Gasteiger partial charge in [0.05, 0.1) is 40.3 Å². The molecule has 1 saturated carbocycles. The average molecular weight is 355 g/mol. The predicted molar refractivity (Wildman–Crippen MR) is 102 cm³/mol. The first-order chi connectivity index (χ1) is 13.2. The van der Waals surface area contributed by atoms with Gasteiger partial charge in [-0.25, -0.2) is 4.98 Å². The zero-order valence-corrected chi connectivity index (χ0v) is 14.6. The molecule has 6 heteroatoms. The molecule has 3 heterocycles. The molecule has 2 aliphatic rings. The van der Waals surface area contributed by atoms with Crippen molar-refractivity contribution in [1.29, 1.82) is 5.26 Å². The first-order valence-corrected chi connectivity index (χ1v) is 9.06. The number of amides is 1. The van der Waals surface area contributed by atoms with Crippen LogP contribution in [-0.4, -0.2) is 26.8 Å². The maximum atomic E-state index is 12.9. The molecule has 5 rings (SSSR count). The Bertz CT molecular complexity index is 1130. The molecule has 27 heavy (non-hydrogen) atoms. The van der Waals surface area contributed by atoms with E-state index in [-0.39, 0.29) is 5.91 Å². The second kappa shape index (κ2) is 5.78. The van der Waals surface area contributed by atoms with E-state index in [1.807, 2.05) is 29.2 Å². The number of nitrogens with two attached hydrogens (primary N) is 1. The number of hydrogen-bond acceptors (Lipinski definition) is 5. The van der Waals surface area contributed by atoms with Crippen LogP contribution in [0.25, 0.3) is 22.2 Å². The van der Waals surface area contributed by atoms with Crippen molar-refractivity contribution in [1.82, 2.24) is 14.9 Å². The lowest BCUT2D eigenvalue weighted by molar-refractivity contribution is 0.0606. The van der Waals surface area contributed by atoms with E-state index < -0.39 is 0 Å². The first kappa shape index (κ1) is 15.8. The highest BCUT2D eigenvalue weighted by atomic mass is 16.2. The molecule has 2 N–H and O–H groups in total. The number of benzene rings is 1. The van der Waals surface area contributed by atoms with Gasteiger partial charge in [0.1, 0.15) is 6.07 Å². The fourth-order valence-electron chi connectivity index (χ4n) is 3.91. The molecule has 3 aromatic rings. The fraction of sp³-hybridized carbons (Fsp3) is 0.238. The summed E-state index contributed by atoms with van der Waals surface area (Å²) < 4.78 is 0. The van der Waals surface area contributed by atoms with E-state index in [0.717, 1.165) is 40.7 Å². The van der Waals surface area contributed by atoms with Gasteiger partial charge in [-0.05, 0) is 31.4 Å². The molecule has 0 radical (unpaired) electrons. The molecule has 0 saturated heterocycles. The Morgan fingerprint density at radius 3 is 2.74 bits per heavy atom. The number of nitriles is 1. The number of nitrogens with zero attached hydrogens (tertiary/aromatic N) is 4. The van der Waals surface area contributed by atoms with Crippen LogP contribution >= 0.6 is 0 Å². The van der Waals surface area contributed by atoms with Crippen molar-refractivity contribution in [3.05, 3.63) is 53.3 Å². The zero-order valence-electron chi connectivity index (χ0n) is 14.6. The molecular weight excluding hydrogens is 338 g/mol. The quantitative estimate of drug-likeness (QED) is 0.761. The Morgan fingerprint density at radius 1 is 1.22 bits per heavy atom. The number of aromatic nitrogens is 2. The maximum absolute atomic E-state index is 12.9. The van der Waals surface area contributed by atoms with Crippen LogP contribution in [0.4, 0.5) is 5.69 Å². The number of anilines is 1. The highest BCUT2D eigenvalue weighted by Gasteiger charge is 2.38. The van der Waals surface area contributed by atoms with Crippen LogP contribution in [0.1, 0.15) is 40.9 Å². The van der Waals surface area contributed by atoms with Crippen LogP contribution in [0.3, 0.4) is 0 Å². The molecule has 1 aliphatic carbocycles. The molecule has 1 amide bonds. The van der Waals surface area contributed by atoms with Crippen LogP contribution in [0, 0.1) is 11.3 Å². The average Bonchev–Trinajstić information content (AvgIpc) is 2.97. The minimum absolute atomic E-state index is 0.00324. The highest BCUT2D eigenvalue weighted by Crippen LogP contribution is 2.38. The van der Waals surface area contributed by atoms with E-state index in [1.54, 1.807) is 12.3 Å². The third-order valence-electron chi connectivity index (χ3n) is 5.61. The molecule has 0 unspecified atom stereocenters. The van der Waals surface area contributed by atoms with Gasteiger partial charge in [-0.1, -0.05) is 18.2 Å². The molecular formula is C21H17N5O. The topological polar surface area (TPSA) is 95.9 Å². The Labute approximate surface area is 156 Å². The fourth-order valence-corrected chi connectivity index (χ4v) is 3.91. The number of carbonyl (C=O) groups excluding carboxylic acids is 1. The van der Waals surface area contributed by atoms with Gasteiger partial charge in [-0.15, -0.1) is 0 Å². The Hall–Kier alpha value is -3.46. The molecule has 132 valence electrons. The van der Waals surface area contributed by atoms with E-state index >= 15 is 0 Å². The Morgan fingerprint density at radius 2 is 2.07 bits per heavy atom. The van der Waals surface area contributed by atoms with Crippen molar-refractivity contribution in [3.63, 3.8) is 0 Å². The van der Waals surface area contributed by atoms with Gasteiger partial charge >= 0.3 is 0 Å². The monoisotopic (exact) mass is 355 g/mol. The molecule has 1 aliphatic heterocycles. The number of rotatable bonds is 2. The van der Waals surface area contributed by atoms with Gasteiger partial charge in [0.15, 0.2) is 0 Å². The van der Waals surface area contributed by atoms with Crippen LogP contribution < -0.4 is 5.73 Å². The van der Waals surface area contributed by atoms with E-state index in [2.05, 4.69) is 11.1 Å². The summed E-state index contributed by atoms with van der Waals surface area (Å²) >= 11 is 0. The van der Waals surface area contributed by atoms with Crippen molar-refractivity contribution < 1.29 is 4.79 Å². The summed E-state index contributed by atoms with van der Waals surface area (Å²) in [5.74, 6) is 0.00324. The minimum Gasteiger partial charge on any atom is -0.397 e. The smallest absolute Gasteiger partial charge is 0.258 e. The van der Waals surface area contributed by atoms with Crippen LogP contribution in [0.2, 0.25) is 0 Å². The lowest BCUT2D eigenvalue weighted by Crippen LogP contribution is -2.40. The Kier molecular flexibility index (Phi) is 3.37. The number of para-hydroxylation sites is 1. The van der Waals surface area contributed by atoms with Gasteiger partial charge in [0.2, 0.25) is 0 Å². The van der Waals surface area contributed by atoms with Crippen LogP contribution in [0.5, 0.6) is 0 Å². The number of hydrogen-bond donors (Lipinski definition) is 1. The van der Waals surface area contributed by atoms with Crippen molar-refractivity contribution >= 4 is 22.5 Å². The summed E-state index contributed by atoms with van der Waals surface area (Å²) in [7, 11) is 0. The number of nitrogen functional groups attached to an aromatic ring is 1. The minimum atomic E-state index is 0.00324. The van der Waals surface area contributed by atoms with Crippen LogP contribution in [0.15, 0.2) is 36.5 Å². The van der Waals surface area contributed by atoms with Gasteiger partial charge in [0, 0.05) is 23.2 Å². The third kappa shape index (κ3) is 2.28. The number of fused-ring (bicyclic) bond motifs is 2. The van der Waals surface area contributed by atoms with E-state index in [4.69, 9.17) is 16.0 Å². The van der Waals surface area contributed by atoms with Crippen molar-refractivity contribution in [2.75, 3.05) is 5.73 Å². The van der Waals surface area contributed by atoms with Gasteiger partial charge in [0.25, 0.3) is 5.91 Å². The third-order valence-corrected chi connectivity index (χ3v) is 5.61. The van der Waals surface area contributed by atoms with Crippen molar-refractivity contribution in [3.8, 4) is 17.3 Å². The Balaban J connectivity index is 1.67. The molecule has 6 nitrogen and oxygen atoms in total. The van der Waals surface area contributed by atoms with Gasteiger partial charge < -0.3 is 10.6 Å².